The fourth-order valence-corrected chi connectivity index (χ4v) is 4.66. The van der Waals surface area contributed by atoms with Crippen molar-refractivity contribution in [2.75, 3.05) is 11.9 Å². The highest BCUT2D eigenvalue weighted by Crippen LogP contribution is 2.31. The van der Waals surface area contributed by atoms with Crippen molar-refractivity contribution < 1.29 is 24.5 Å². The Kier molecular flexibility index (Phi) is 5.46. The minimum atomic E-state index is -1.21. The molecule has 3 heterocycles. The predicted octanol–water partition coefficient (Wildman–Crippen LogP) is 2.11. The third-order valence-electron chi connectivity index (χ3n) is 5.44. The number of thiophene rings is 1. The van der Waals surface area contributed by atoms with E-state index in [-0.39, 0.29) is 6.61 Å². The van der Waals surface area contributed by atoms with E-state index in [1.165, 1.54) is 11.3 Å². The Morgan fingerprint density at radius 2 is 2.00 bits per heavy atom. The van der Waals surface area contributed by atoms with Gasteiger partial charge < -0.3 is 29.8 Å². The van der Waals surface area contributed by atoms with Crippen molar-refractivity contribution in [1.82, 2.24) is 0 Å². The van der Waals surface area contributed by atoms with Gasteiger partial charge in [0.1, 0.15) is 23.9 Å². The molecule has 4 N–H and O–H groups in total. The molecule has 1 saturated heterocycles. The van der Waals surface area contributed by atoms with Crippen molar-refractivity contribution in [3.05, 3.63) is 51.7 Å². The summed E-state index contributed by atoms with van der Waals surface area (Å²) in [5.41, 5.74) is 2.07. The Bertz CT molecular complexity index is 1060. The van der Waals surface area contributed by atoms with E-state index in [1.54, 1.807) is 13.0 Å². The lowest BCUT2D eigenvalue weighted by Gasteiger charge is -2.41. The average molecular weight is 417 g/mol. The number of aliphatic hydroxyl groups excluding tert-OH is 3. The van der Waals surface area contributed by atoms with Gasteiger partial charge >= 0.3 is 5.63 Å². The molecule has 0 radical (unpaired) electrons. The van der Waals surface area contributed by atoms with Gasteiger partial charge in [0.25, 0.3) is 0 Å². The van der Waals surface area contributed by atoms with Crippen LogP contribution in [-0.2, 0) is 4.74 Å². The number of nitrogens with one attached hydrogen (secondary N) is 1. The molecule has 5 atom stereocenters. The second kappa shape index (κ2) is 7.89. The zero-order valence-corrected chi connectivity index (χ0v) is 16.8. The van der Waals surface area contributed by atoms with E-state index < -0.39 is 36.1 Å². The fraction of sp³-hybridized carbons (Fsp3) is 0.381. The molecule has 8 heteroatoms. The van der Waals surface area contributed by atoms with Gasteiger partial charge in [0.05, 0.1) is 24.3 Å². The maximum absolute atomic E-state index is 12.6. The molecule has 3 aromatic rings. The smallest absolute Gasteiger partial charge is 0.345 e. The molecule has 5 unspecified atom stereocenters. The first-order valence-corrected chi connectivity index (χ1v) is 10.3. The van der Waals surface area contributed by atoms with Crippen molar-refractivity contribution in [3.63, 3.8) is 0 Å². The highest BCUT2D eigenvalue weighted by molar-refractivity contribution is 7.13. The summed E-state index contributed by atoms with van der Waals surface area (Å²) in [7, 11) is 0. The first kappa shape index (κ1) is 20.1. The van der Waals surface area contributed by atoms with Crippen molar-refractivity contribution in [2.24, 2.45) is 0 Å². The van der Waals surface area contributed by atoms with Crippen LogP contribution in [0.4, 0.5) is 5.69 Å². The topological polar surface area (TPSA) is 112 Å². The Morgan fingerprint density at radius 3 is 2.69 bits per heavy atom. The number of ether oxygens (including phenoxy) is 1. The number of anilines is 1. The van der Waals surface area contributed by atoms with Crippen LogP contribution in [0.15, 0.2) is 44.9 Å². The number of hydrogen-bond acceptors (Lipinski definition) is 8. The molecule has 7 nitrogen and oxygen atoms in total. The van der Waals surface area contributed by atoms with E-state index in [0.29, 0.717) is 16.8 Å². The molecule has 0 amide bonds. The van der Waals surface area contributed by atoms with E-state index in [9.17, 15) is 20.1 Å². The molecule has 154 valence electrons. The molecular formula is C21H23NO6S. The lowest BCUT2D eigenvalue weighted by Crippen LogP contribution is -2.60. The van der Waals surface area contributed by atoms with Gasteiger partial charge in [0.2, 0.25) is 0 Å². The summed E-state index contributed by atoms with van der Waals surface area (Å²) < 4.78 is 11.2. The molecule has 4 rings (SSSR count). The maximum Gasteiger partial charge on any atom is 0.345 e. The first-order chi connectivity index (χ1) is 13.9. The highest BCUT2D eigenvalue weighted by atomic mass is 32.1. The Hall–Kier alpha value is -2.23. The number of benzene rings is 1. The van der Waals surface area contributed by atoms with E-state index in [4.69, 9.17) is 9.15 Å². The van der Waals surface area contributed by atoms with E-state index in [2.05, 4.69) is 5.32 Å². The zero-order valence-electron chi connectivity index (χ0n) is 16.0. The first-order valence-electron chi connectivity index (χ1n) is 9.41. The van der Waals surface area contributed by atoms with Crippen molar-refractivity contribution in [2.45, 2.75) is 44.3 Å². The standard InChI is InChI=1S/C21H23NO6S/c1-10-13-6-5-12(22-18-11(2)27-15(9-23)19(24)20(18)25)8-14(13)28-21(26)17(10)16-4-3-7-29-16/h3-8,11,15,18-20,22-25H,9H2,1-2H3. The largest absolute Gasteiger partial charge is 0.422 e. The fourth-order valence-electron chi connectivity index (χ4n) is 3.85. The predicted molar refractivity (Wildman–Crippen MR) is 111 cm³/mol. The average Bonchev–Trinajstić information content (AvgIpc) is 3.22. The summed E-state index contributed by atoms with van der Waals surface area (Å²) in [4.78, 5) is 13.4. The molecular weight excluding hydrogens is 394 g/mol. The quantitative estimate of drug-likeness (QED) is 0.481. The third kappa shape index (κ3) is 3.58. The van der Waals surface area contributed by atoms with Gasteiger partial charge in [-0.2, -0.15) is 0 Å². The molecule has 1 fully saturated rings. The summed E-state index contributed by atoms with van der Waals surface area (Å²) in [5.74, 6) is 0. The van der Waals surface area contributed by atoms with E-state index >= 15 is 0 Å². The summed E-state index contributed by atoms with van der Waals surface area (Å²) in [5, 5.41) is 35.7. The third-order valence-corrected chi connectivity index (χ3v) is 6.33. The molecule has 1 aromatic carbocycles. The van der Waals surface area contributed by atoms with Gasteiger partial charge in [-0.15, -0.1) is 11.3 Å². The molecule has 1 aliphatic heterocycles. The summed E-state index contributed by atoms with van der Waals surface area (Å²) in [6.45, 7) is 3.28. The molecule has 0 saturated carbocycles. The minimum Gasteiger partial charge on any atom is -0.422 e. The van der Waals surface area contributed by atoms with Gasteiger partial charge in [-0.25, -0.2) is 4.79 Å². The number of rotatable bonds is 4. The lowest BCUT2D eigenvalue weighted by molar-refractivity contribution is -0.180. The SMILES string of the molecule is Cc1c(-c2cccs2)c(=O)oc2cc(NC3C(C)OC(CO)C(O)C3O)ccc12. The number of aliphatic hydroxyl groups is 3. The second-order valence-electron chi connectivity index (χ2n) is 7.29. The number of fused-ring (bicyclic) bond motifs is 1. The second-order valence-corrected chi connectivity index (χ2v) is 8.24. The van der Waals surface area contributed by atoms with Crippen LogP contribution in [0, 0.1) is 6.92 Å². The molecule has 29 heavy (non-hydrogen) atoms. The highest BCUT2D eigenvalue weighted by Gasteiger charge is 2.42. The maximum atomic E-state index is 12.6. The Balaban J connectivity index is 1.66. The van der Waals surface area contributed by atoms with Gasteiger partial charge in [0.15, 0.2) is 0 Å². The van der Waals surface area contributed by atoms with Gasteiger partial charge in [0, 0.05) is 22.0 Å². The zero-order chi connectivity index (χ0) is 20.7. The van der Waals surface area contributed by atoms with Gasteiger partial charge in [-0.05, 0) is 43.0 Å². The van der Waals surface area contributed by atoms with E-state index in [0.717, 1.165) is 15.8 Å². The minimum absolute atomic E-state index is 0.373. The van der Waals surface area contributed by atoms with Crippen LogP contribution in [0.1, 0.15) is 12.5 Å². The van der Waals surface area contributed by atoms with Crippen molar-refractivity contribution in [3.8, 4) is 10.4 Å². The monoisotopic (exact) mass is 417 g/mol. The van der Waals surface area contributed by atoms with E-state index in [1.807, 2.05) is 36.6 Å². The molecule has 0 bridgehead atoms. The molecule has 2 aromatic heterocycles. The molecule has 1 aliphatic rings. The number of hydrogen-bond donors (Lipinski definition) is 4. The van der Waals surface area contributed by atoms with Crippen LogP contribution in [0.2, 0.25) is 0 Å². The van der Waals surface area contributed by atoms with Crippen molar-refractivity contribution in [1.29, 1.82) is 0 Å². The van der Waals surface area contributed by atoms with Crippen LogP contribution >= 0.6 is 11.3 Å². The molecule has 0 aliphatic carbocycles. The van der Waals surface area contributed by atoms with Crippen LogP contribution in [0.5, 0.6) is 0 Å². The summed E-state index contributed by atoms with van der Waals surface area (Å²) >= 11 is 1.49. The van der Waals surface area contributed by atoms with Crippen LogP contribution in [-0.4, -0.2) is 52.4 Å². The van der Waals surface area contributed by atoms with Gasteiger partial charge in [-0.3, -0.25) is 0 Å². The summed E-state index contributed by atoms with van der Waals surface area (Å²) in [6.07, 6.45) is -3.61. The normalized spacial score (nSPS) is 27.3. The summed E-state index contributed by atoms with van der Waals surface area (Å²) in [6, 6.07) is 8.58. The van der Waals surface area contributed by atoms with Crippen LogP contribution < -0.4 is 10.9 Å². The van der Waals surface area contributed by atoms with Crippen LogP contribution in [0.3, 0.4) is 0 Å². The molecule has 0 spiro atoms. The Morgan fingerprint density at radius 1 is 1.21 bits per heavy atom. The van der Waals surface area contributed by atoms with Crippen LogP contribution in [0.25, 0.3) is 21.4 Å². The number of aryl methyl sites for hydroxylation is 1. The van der Waals surface area contributed by atoms with Gasteiger partial charge in [-0.1, -0.05) is 6.07 Å². The van der Waals surface area contributed by atoms with Crippen molar-refractivity contribution >= 4 is 28.0 Å². The lowest BCUT2D eigenvalue weighted by atomic mass is 9.93. The Labute approximate surface area is 171 Å².